The lowest BCUT2D eigenvalue weighted by molar-refractivity contribution is -0.181. The zero-order valence-corrected chi connectivity index (χ0v) is 14.7. The Kier molecular flexibility index (Phi) is 3.87. The lowest BCUT2D eigenvalue weighted by Gasteiger charge is -2.37. The van der Waals surface area contributed by atoms with Crippen molar-refractivity contribution in [2.75, 3.05) is 26.3 Å². The number of fused-ring (bicyclic) bond motifs is 1. The lowest BCUT2D eigenvalue weighted by atomic mass is 10.0. The van der Waals surface area contributed by atoms with Crippen LogP contribution in [0.2, 0.25) is 0 Å². The van der Waals surface area contributed by atoms with Gasteiger partial charge in [-0.1, -0.05) is 11.3 Å². The summed E-state index contributed by atoms with van der Waals surface area (Å²) >= 11 is 0. The SMILES string of the molecule is O=C(c1cccc(-n2nnc3cccnc32)c1)N1CCC2(CC1)OCCO2. The number of pyridine rings is 1. The van der Waals surface area contributed by atoms with Crippen LogP contribution in [-0.4, -0.2) is 62.9 Å². The molecule has 1 aromatic carbocycles. The van der Waals surface area contributed by atoms with Gasteiger partial charge in [0, 0.05) is 37.7 Å². The normalized spacial score (nSPS) is 19.0. The van der Waals surface area contributed by atoms with Crippen molar-refractivity contribution in [3.8, 4) is 5.69 Å². The fraction of sp³-hybridized carbons (Fsp3) is 0.368. The van der Waals surface area contributed by atoms with E-state index >= 15 is 0 Å². The number of hydrogen-bond acceptors (Lipinski definition) is 6. The summed E-state index contributed by atoms with van der Waals surface area (Å²) in [6, 6.07) is 11.1. The van der Waals surface area contributed by atoms with Crippen molar-refractivity contribution in [2.45, 2.75) is 18.6 Å². The molecule has 0 saturated carbocycles. The Morgan fingerprint density at radius 2 is 1.89 bits per heavy atom. The first kappa shape index (κ1) is 16.3. The highest BCUT2D eigenvalue weighted by atomic mass is 16.7. The van der Waals surface area contributed by atoms with Gasteiger partial charge in [-0.25, -0.2) is 4.98 Å². The molecule has 1 spiro atoms. The van der Waals surface area contributed by atoms with E-state index in [9.17, 15) is 4.79 Å². The van der Waals surface area contributed by atoms with Crippen molar-refractivity contribution in [2.24, 2.45) is 0 Å². The predicted octanol–water partition coefficient (Wildman–Crippen LogP) is 1.79. The Bertz CT molecular complexity index is 986. The van der Waals surface area contributed by atoms with E-state index in [1.54, 1.807) is 10.9 Å². The van der Waals surface area contributed by atoms with Gasteiger partial charge in [0.1, 0.15) is 5.52 Å². The van der Waals surface area contributed by atoms with Crippen LogP contribution in [-0.2, 0) is 9.47 Å². The van der Waals surface area contributed by atoms with Crippen LogP contribution >= 0.6 is 0 Å². The lowest BCUT2D eigenvalue weighted by Crippen LogP contribution is -2.47. The number of rotatable bonds is 2. The molecule has 2 aliphatic rings. The maximum absolute atomic E-state index is 13.0. The highest BCUT2D eigenvalue weighted by Crippen LogP contribution is 2.31. The van der Waals surface area contributed by atoms with Gasteiger partial charge in [0.25, 0.3) is 5.91 Å². The predicted molar refractivity (Wildman–Crippen MR) is 96.4 cm³/mol. The Morgan fingerprint density at radius 3 is 2.70 bits per heavy atom. The van der Waals surface area contributed by atoms with Crippen LogP contribution in [0.5, 0.6) is 0 Å². The summed E-state index contributed by atoms with van der Waals surface area (Å²) in [5, 5.41) is 8.30. The first-order chi connectivity index (χ1) is 13.2. The summed E-state index contributed by atoms with van der Waals surface area (Å²) in [6.07, 6.45) is 3.11. The molecule has 0 unspecified atom stereocenters. The topological polar surface area (TPSA) is 82.4 Å². The van der Waals surface area contributed by atoms with E-state index in [0.29, 0.717) is 55.9 Å². The summed E-state index contributed by atoms with van der Waals surface area (Å²) in [6.45, 7) is 2.51. The van der Waals surface area contributed by atoms with Crippen LogP contribution in [0.4, 0.5) is 0 Å². The van der Waals surface area contributed by atoms with Crippen LogP contribution in [0.25, 0.3) is 16.9 Å². The first-order valence-electron chi connectivity index (χ1n) is 9.08. The van der Waals surface area contributed by atoms with Crippen molar-refractivity contribution in [3.05, 3.63) is 48.2 Å². The Balaban J connectivity index is 1.38. The van der Waals surface area contributed by atoms with E-state index in [2.05, 4.69) is 15.3 Å². The van der Waals surface area contributed by atoms with Gasteiger partial charge in [0.15, 0.2) is 11.4 Å². The molecule has 0 aliphatic carbocycles. The molecule has 2 aliphatic heterocycles. The molecule has 0 bridgehead atoms. The molecule has 5 rings (SSSR count). The summed E-state index contributed by atoms with van der Waals surface area (Å²) < 4.78 is 13.1. The van der Waals surface area contributed by atoms with Crippen LogP contribution in [0.1, 0.15) is 23.2 Å². The van der Waals surface area contributed by atoms with Crippen LogP contribution in [0, 0.1) is 0 Å². The number of piperidine rings is 1. The monoisotopic (exact) mass is 365 g/mol. The molecule has 8 heteroatoms. The average molecular weight is 365 g/mol. The molecule has 138 valence electrons. The maximum Gasteiger partial charge on any atom is 0.253 e. The maximum atomic E-state index is 13.0. The molecular formula is C19H19N5O3. The second-order valence-electron chi connectivity index (χ2n) is 6.80. The zero-order valence-electron chi connectivity index (χ0n) is 14.7. The molecule has 2 fully saturated rings. The molecule has 2 aromatic heterocycles. The summed E-state index contributed by atoms with van der Waals surface area (Å²) in [4.78, 5) is 19.2. The fourth-order valence-electron chi connectivity index (χ4n) is 3.73. The van der Waals surface area contributed by atoms with Gasteiger partial charge in [0.05, 0.1) is 18.9 Å². The minimum absolute atomic E-state index is 0.00192. The molecule has 0 atom stereocenters. The summed E-state index contributed by atoms with van der Waals surface area (Å²) in [5.41, 5.74) is 2.76. The largest absolute Gasteiger partial charge is 0.347 e. The third-order valence-corrected chi connectivity index (χ3v) is 5.17. The third kappa shape index (κ3) is 2.87. The number of ether oxygens (including phenoxy) is 2. The molecular weight excluding hydrogens is 346 g/mol. The van der Waals surface area contributed by atoms with Gasteiger partial charge in [-0.3, -0.25) is 4.79 Å². The molecule has 8 nitrogen and oxygen atoms in total. The van der Waals surface area contributed by atoms with Crippen molar-refractivity contribution >= 4 is 17.1 Å². The molecule has 3 aromatic rings. The Morgan fingerprint density at radius 1 is 1.07 bits per heavy atom. The van der Waals surface area contributed by atoms with Gasteiger partial charge < -0.3 is 14.4 Å². The van der Waals surface area contributed by atoms with Crippen molar-refractivity contribution < 1.29 is 14.3 Å². The van der Waals surface area contributed by atoms with E-state index in [4.69, 9.17) is 9.47 Å². The number of carbonyl (C=O) groups is 1. The Hall–Kier alpha value is -2.84. The fourth-order valence-corrected chi connectivity index (χ4v) is 3.73. The highest BCUT2D eigenvalue weighted by molar-refractivity contribution is 5.95. The van der Waals surface area contributed by atoms with E-state index in [1.807, 2.05) is 41.3 Å². The molecule has 4 heterocycles. The van der Waals surface area contributed by atoms with Crippen LogP contribution < -0.4 is 0 Å². The number of aromatic nitrogens is 4. The van der Waals surface area contributed by atoms with Crippen molar-refractivity contribution in [1.82, 2.24) is 24.9 Å². The van der Waals surface area contributed by atoms with Crippen LogP contribution in [0.3, 0.4) is 0 Å². The van der Waals surface area contributed by atoms with Crippen molar-refractivity contribution in [1.29, 1.82) is 0 Å². The van der Waals surface area contributed by atoms with E-state index in [-0.39, 0.29) is 5.91 Å². The quantitative estimate of drug-likeness (QED) is 0.689. The van der Waals surface area contributed by atoms with Gasteiger partial charge in [-0.15, -0.1) is 5.10 Å². The van der Waals surface area contributed by atoms with E-state index in [0.717, 1.165) is 5.69 Å². The number of likely N-dealkylation sites (tertiary alicyclic amines) is 1. The molecule has 0 radical (unpaired) electrons. The van der Waals surface area contributed by atoms with E-state index < -0.39 is 5.79 Å². The first-order valence-corrected chi connectivity index (χ1v) is 9.08. The van der Waals surface area contributed by atoms with Crippen molar-refractivity contribution in [3.63, 3.8) is 0 Å². The number of benzene rings is 1. The highest BCUT2D eigenvalue weighted by Gasteiger charge is 2.40. The third-order valence-electron chi connectivity index (χ3n) is 5.17. The molecule has 0 N–H and O–H groups in total. The zero-order chi connectivity index (χ0) is 18.3. The number of amides is 1. The average Bonchev–Trinajstić information content (AvgIpc) is 3.35. The summed E-state index contributed by atoms with van der Waals surface area (Å²) in [5.74, 6) is -0.480. The van der Waals surface area contributed by atoms with Gasteiger partial charge >= 0.3 is 0 Å². The Labute approximate surface area is 155 Å². The smallest absolute Gasteiger partial charge is 0.253 e. The standard InChI is InChI=1S/C19H19N5O3/c25-18(23-9-6-19(7-10-23)26-11-12-27-19)14-3-1-4-15(13-14)24-17-16(21-22-24)5-2-8-20-17/h1-5,8,13H,6-7,9-12H2. The molecule has 2 saturated heterocycles. The number of hydrogen-bond donors (Lipinski definition) is 0. The van der Waals surface area contributed by atoms with E-state index in [1.165, 1.54) is 0 Å². The summed E-state index contributed by atoms with van der Waals surface area (Å²) in [7, 11) is 0. The van der Waals surface area contributed by atoms with Crippen LogP contribution in [0.15, 0.2) is 42.6 Å². The van der Waals surface area contributed by atoms with Gasteiger partial charge in [-0.2, -0.15) is 4.68 Å². The minimum atomic E-state index is -0.482. The second kappa shape index (κ2) is 6.40. The number of nitrogens with zero attached hydrogens (tertiary/aromatic N) is 5. The van der Waals surface area contributed by atoms with Gasteiger partial charge in [-0.05, 0) is 30.3 Å². The molecule has 27 heavy (non-hydrogen) atoms. The number of carbonyl (C=O) groups excluding carboxylic acids is 1. The second-order valence-corrected chi connectivity index (χ2v) is 6.80. The molecule has 1 amide bonds. The minimum Gasteiger partial charge on any atom is -0.347 e. The van der Waals surface area contributed by atoms with Gasteiger partial charge in [0.2, 0.25) is 0 Å².